The molecule has 3 aromatic carbocycles. The van der Waals surface area contributed by atoms with Crippen molar-refractivity contribution in [1.29, 1.82) is 0 Å². The van der Waals surface area contributed by atoms with Gasteiger partial charge in [0.15, 0.2) is 11.5 Å². The minimum Gasteiger partial charge on any atom is -0.493 e. The van der Waals surface area contributed by atoms with Crippen LogP contribution in [0.2, 0.25) is 0 Å². The lowest BCUT2D eigenvalue weighted by atomic mass is 9.91. The summed E-state index contributed by atoms with van der Waals surface area (Å²) in [5.74, 6) is 1.38. The number of carbonyl (C=O) groups excluding carboxylic acids is 1. The first-order valence-electron chi connectivity index (χ1n) is 13.1. The van der Waals surface area contributed by atoms with E-state index in [0.717, 1.165) is 78.2 Å². The summed E-state index contributed by atoms with van der Waals surface area (Å²) < 4.78 is 16.4. The second kappa shape index (κ2) is 8.85. The third-order valence-electron chi connectivity index (χ3n) is 8.32. The van der Waals surface area contributed by atoms with Crippen LogP contribution in [0.4, 0.5) is 5.69 Å². The number of hydrogen-bond donors (Lipinski definition) is 2. The van der Waals surface area contributed by atoms with Crippen LogP contribution in [0, 0.1) is 0 Å². The van der Waals surface area contributed by atoms with Crippen LogP contribution < -0.4 is 14.8 Å². The number of H-pyrrole nitrogens is 1. The molecule has 1 unspecified atom stereocenters. The van der Waals surface area contributed by atoms with E-state index in [4.69, 9.17) is 14.2 Å². The third-order valence-corrected chi connectivity index (χ3v) is 8.32. The lowest BCUT2D eigenvalue weighted by Gasteiger charge is -2.26. The molecule has 1 amide bonds. The average molecular weight is 511 g/mol. The summed E-state index contributed by atoms with van der Waals surface area (Å²) in [6, 6.07) is 18.9. The molecule has 1 aromatic heterocycles. The molecular weight excluding hydrogens is 480 g/mol. The number of methoxy groups -OCH3 is 2. The zero-order chi connectivity index (χ0) is 25.9. The van der Waals surface area contributed by atoms with Crippen LogP contribution in [0.3, 0.4) is 0 Å². The molecule has 0 bridgehead atoms. The molecule has 3 heterocycles. The number of fused-ring (bicyclic) bond motifs is 3. The number of morpholine rings is 1. The molecule has 194 valence electrons. The van der Waals surface area contributed by atoms with E-state index in [0.29, 0.717) is 11.5 Å². The molecule has 3 aliphatic rings. The molecule has 7 rings (SSSR count). The zero-order valence-electron chi connectivity index (χ0n) is 21.5. The van der Waals surface area contributed by atoms with Gasteiger partial charge in [-0.1, -0.05) is 30.3 Å². The van der Waals surface area contributed by atoms with Crippen LogP contribution in [0.5, 0.6) is 11.5 Å². The van der Waals surface area contributed by atoms with Gasteiger partial charge in [0.1, 0.15) is 0 Å². The first kappa shape index (κ1) is 23.3. The number of ether oxygens (including phenoxy) is 3. The lowest BCUT2D eigenvalue weighted by Crippen LogP contribution is -2.35. The molecule has 8 heteroatoms. The molecule has 2 N–H and O–H groups in total. The second-order valence-electron chi connectivity index (χ2n) is 10.4. The number of anilines is 1. The molecule has 1 spiro atoms. The van der Waals surface area contributed by atoms with Crippen LogP contribution in [0.1, 0.15) is 29.0 Å². The summed E-state index contributed by atoms with van der Waals surface area (Å²) in [7, 11) is 3.22. The highest BCUT2D eigenvalue weighted by molar-refractivity contribution is 6.10. The molecule has 2 aliphatic heterocycles. The van der Waals surface area contributed by atoms with Crippen molar-refractivity contribution in [2.75, 3.05) is 45.8 Å². The Hall–Kier alpha value is -3.88. The predicted octanol–water partition coefficient (Wildman–Crippen LogP) is 4.46. The van der Waals surface area contributed by atoms with Gasteiger partial charge in [0.05, 0.1) is 44.1 Å². The normalized spacial score (nSPS) is 22.5. The van der Waals surface area contributed by atoms with Gasteiger partial charge in [0.25, 0.3) is 0 Å². The van der Waals surface area contributed by atoms with Crippen LogP contribution in [-0.4, -0.2) is 61.5 Å². The molecule has 8 nitrogen and oxygen atoms in total. The summed E-state index contributed by atoms with van der Waals surface area (Å²) in [6.07, 6.45) is 0.761. The van der Waals surface area contributed by atoms with E-state index in [-0.39, 0.29) is 11.8 Å². The van der Waals surface area contributed by atoms with Crippen LogP contribution in [0.15, 0.2) is 54.6 Å². The SMILES string of the molecule is COc1cc2c(cc1OC)[C@]1(CC1c1ccc3c(-c4cccc(CN5CCOCC5)c4)n[nH]c3c1)C(=O)N2. The fourth-order valence-electron chi connectivity index (χ4n) is 6.23. The molecule has 2 fully saturated rings. The lowest BCUT2D eigenvalue weighted by molar-refractivity contribution is -0.118. The van der Waals surface area contributed by atoms with Gasteiger partial charge in [-0.15, -0.1) is 0 Å². The molecule has 0 radical (unpaired) electrons. The average Bonchev–Trinajstić information content (AvgIpc) is 3.47. The van der Waals surface area contributed by atoms with E-state index in [1.54, 1.807) is 14.2 Å². The number of benzene rings is 3. The van der Waals surface area contributed by atoms with Crippen LogP contribution >= 0.6 is 0 Å². The fraction of sp³-hybridized carbons (Fsp3) is 0.333. The maximum Gasteiger partial charge on any atom is 0.235 e. The van der Waals surface area contributed by atoms with E-state index in [1.807, 2.05) is 12.1 Å². The van der Waals surface area contributed by atoms with Gasteiger partial charge in [-0.3, -0.25) is 14.8 Å². The standard InChI is InChI=1S/C30H30N4O4/c1-36-26-14-22-25(15-27(26)37-2)31-29(35)30(22)16-23(30)19-6-7-21-24(13-19)32-33-28(21)20-5-3-4-18(12-20)17-34-8-10-38-11-9-34/h3-7,12-15,23H,8-11,16-17H2,1-2H3,(H,31,35)(H,32,33)/t23?,30-/m0/s1. The van der Waals surface area contributed by atoms with Gasteiger partial charge in [-0.05, 0) is 41.3 Å². The summed E-state index contributed by atoms with van der Waals surface area (Å²) >= 11 is 0. The van der Waals surface area contributed by atoms with Gasteiger partial charge in [-0.2, -0.15) is 5.10 Å². The van der Waals surface area contributed by atoms with Crippen molar-refractivity contribution in [3.63, 3.8) is 0 Å². The predicted molar refractivity (Wildman–Crippen MR) is 145 cm³/mol. The maximum absolute atomic E-state index is 13.2. The van der Waals surface area contributed by atoms with Crippen molar-refractivity contribution in [2.45, 2.75) is 24.3 Å². The minimum atomic E-state index is -0.570. The summed E-state index contributed by atoms with van der Waals surface area (Å²) in [5, 5.41) is 12.1. The van der Waals surface area contributed by atoms with E-state index < -0.39 is 5.41 Å². The van der Waals surface area contributed by atoms with E-state index >= 15 is 0 Å². The summed E-state index contributed by atoms with van der Waals surface area (Å²) in [6.45, 7) is 4.42. The maximum atomic E-state index is 13.2. The molecule has 38 heavy (non-hydrogen) atoms. The van der Waals surface area contributed by atoms with Crippen molar-refractivity contribution in [3.05, 3.63) is 71.3 Å². The zero-order valence-corrected chi connectivity index (χ0v) is 21.5. The fourth-order valence-corrected chi connectivity index (χ4v) is 6.23. The first-order valence-corrected chi connectivity index (χ1v) is 13.1. The highest BCUT2D eigenvalue weighted by Gasteiger charge is 2.65. The highest BCUT2D eigenvalue weighted by atomic mass is 16.5. The number of rotatable bonds is 6. The van der Waals surface area contributed by atoms with Crippen LogP contribution in [-0.2, 0) is 21.5 Å². The molecular formula is C30H30N4O4. The Morgan fingerprint density at radius 1 is 1.05 bits per heavy atom. The van der Waals surface area contributed by atoms with Crippen LogP contribution in [0.25, 0.3) is 22.2 Å². The molecule has 1 saturated carbocycles. The topological polar surface area (TPSA) is 88.7 Å². The Labute approximate surface area is 220 Å². The molecule has 1 aliphatic carbocycles. The van der Waals surface area contributed by atoms with E-state index in [2.05, 4.69) is 62.9 Å². The second-order valence-corrected chi connectivity index (χ2v) is 10.4. The largest absolute Gasteiger partial charge is 0.493 e. The number of aromatic nitrogens is 2. The van der Waals surface area contributed by atoms with E-state index in [1.165, 1.54) is 5.56 Å². The van der Waals surface area contributed by atoms with Gasteiger partial charge < -0.3 is 19.5 Å². The van der Waals surface area contributed by atoms with Gasteiger partial charge in [0.2, 0.25) is 5.91 Å². The van der Waals surface area contributed by atoms with Gasteiger partial charge in [-0.25, -0.2) is 0 Å². The number of aromatic amines is 1. The number of carbonyl (C=O) groups is 1. The number of amides is 1. The molecule has 1 saturated heterocycles. The summed E-state index contributed by atoms with van der Waals surface area (Å²) in [4.78, 5) is 15.6. The smallest absolute Gasteiger partial charge is 0.235 e. The Balaban J connectivity index is 1.18. The van der Waals surface area contributed by atoms with Crippen molar-refractivity contribution in [3.8, 4) is 22.8 Å². The monoisotopic (exact) mass is 510 g/mol. The number of hydrogen-bond acceptors (Lipinski definition) is 6. The third kappa shape index (κ3) is 3.59. The van der Waals surface area contributed by atoms with E-state index in [9.17, 15) is 4.79 Å². The van der Waals surface area contributed by atoms with Crippen molar-refractivity contribution in [2.24, 2.45) is 0 Å². The number of nitrogens with one attached hydrogen (secondary N) is 2. The Morgan fingerprint density at radius 3 is 2.68 bits per heavy atom. The quantitative estimate of drug-likeness (QED) is 0.398. The Morgan fingerprint density at radius 2 is 1.87 bits per heavy atom. The Bertz CT molecular complexity index is 1560. The van der Waals surface area contributed by atoms with Crippen molar-refractivity contribution in [1.82, 2.24) is 15.1 Å². The van der Waals surface area contributed by atoms with Crippen molar-refractivity contribution < 1.29 is 19.0 Å². The van der Waals surface area contributed by atoms with Gasteiger partial charge >= 0.3 is 0 Å². The molecule has 4 aromatic rings. The number of nitrogens with zero attached hydrogens (tertiary/aromatic N) is 2. The van der Waals surface area contributed by atoms with Crippen molar-refractivity contribution >= 4 is 22.5 Å². The summed E-state index contributed by atoms with van der Waals surface area (Å²) in [5.41, 5.74) is 6.64. The molecule has 2 atom stereocenters. The highest BCUT2D eigenvalue weighted by Crippen LogP contribution is 2.66. The first-order chi connectivity index (χ1) is 18.6. The Kier molecular flexibility index (Phi) is 5.42. The van der Waals surface area contributed by atoms with Gasteiger partial charge in [0, 0.05) is 48.3 Å². The minimum absolute atomic E-state index is 0.0373.